The lowest BCUT2D eigenvalue weighted by Crippen LogP contribution is -2.49. The molecule has 1 aliphatic rings. The maximum atomic E-state index is 12.5. The predicted octanol–water partition coefficient (Wildman–Crippen LogP) is 3.75. The van der Waals surface area contributed by atoms with Crippen LogP contribution in [-0.2, 0) is 29.1 Å². The van der Waals surface area contributed by atoms with Gasteiger partial charge < -0.3 is 14.9 Å². The first kappa shape index (κ1) is 19.2. The maximum Gasteiger partial charge on any atom is 0.411 e. The molecule has 0 saturated carbocycles. The van der Waals surface area contributed by atoms with E-state index in [2.05, 4.69) is 0 Å². The first-order chi connectivity index (χ1) is 12.4. The monoisotopic (exact) mass is 579 g/mol. The summed E-state index contributed by atoms with van der Waals surface area (Å²) in [7, 11) is 0. The number of fused-ring (bicyclic) bond motifs is 1. The van der Waals surface area contributed by atoms with E-state index < -0.39 is 18.1 Å². The third-order valence-electron chi connectivity index (χ3n) is 4.23. The zero-order valence-electron chi connectivity index (χ0n) is 13.5. The predicted molar refractivity (Wildman–Crippen MR) is 111 cm³/mol. The van der Waals surface area contributed by atoms with Crippen molar-refractivity contribution >= 4 is 57.2 Å². The Morgan fingerprint density at radius 2 is 1.92 bits per heavy atom. The van der Waals surface area contributed by atoms with Gasteiger partial charge in [-0.2, -0.15) is 0 Å². The summed E-state index contributed by atoms with van der Waals surface area (Å²) in [5, 5.41) is 19.7. The number of ether oxygens (including phenoxy) is 1. The third-order valence-corrected chi connectivity index (χ3v) is 6.21. The number of carbonyl (C=O) groups is 2. The van der Waals surface area contributed by atoms with E-state index in [0.717, 1.165) is 16.7 Å². The number of carboxylic acids is 1. The summed E-state index contributed by atoms with van der Waals surface area (Å²) in [5.74, 6) is -0.929. The van der Waals surface area contributed by atoms with Crippen LogP contribution in [0.3, 0.4) is 0 Å². The second kappa shape index (κ2) is 7.99. The lowest BCUT2D eigenvalue weighted by Gasteiger charge is -2.34. The van der Waals surface area contributed by atoms with Gasteiger partial charge >= 0.3 is 12.1 Å². The van der Waals surface area contributed by atoms with Gasteiger partial charge in [0.2, 0.25) is 0 Å². The Bertz CT molecular complexity index is 856. The molecule has 8 heteroatoms. The van der Waals surface area contributed by atoms with Crippen molar-refractivity contribution in [1.82, 2.24) is 4.90 Å². The zero-order valence-corrected chi connectivity index (χ0v) is 17.8. The third kappa shape index (κ3) is 3.90. The SMILES string of the molecule is O=C(O)[C@@H]1Cc2cc(I)c(O)c(I)c2CN1C(=O)OCc1ccccc1. The van der Waals surface area contributed by atoms with Crippen LogP contribution in [0.5, 0.6) is 5.75 Å². The number of amides is 1. The molecular formula is C18H15I2NO5. The summed E-state index contributed by atoms with van der Waals surface area (Å²) < 4.78 is 6.61. The van der Waals surface area contributed by atoms with Gasteiger partial charge in [-0.05, 0) is 67.9 Å². The second-order valence-corrected chi connectivity index (χ2v) is 8.13. The van der Waals surface area contributed by atoms with Crippen molar-refractivity contribution < 1.29 is 24.5 Å². The van der Waals surface area contributed by atoms with Gasteiger partial charge in [0.1, 0.15) is 18.4 Å². The van der Waals surface area contributed by atoms with E-state index in [1.165, 1.54) is 4.90 Å². The molecule has 0 aromatic heterocycles. The van der Waals surface area contributed by atoms with Gasteiger partial charge in [-0.3, -0.25) is 4.90 Å². The minimum absolute atomic E-state index is 0.0738. The van der Waals surface area contributed by atoms with Crippen molar-refractivity contribution in [2.45, 2.75) is 25.6 Å². The number of carbonyl (C=O) groups excluding carboxylic acids is 1. The number of hydrogen-bond donors (Lipinski definition) is 2. The van der Waals surface area contributed by atoms with E-state index >= 15 is 0 Å². The molecule has 2 aromatic carbocycles. The highest BCUT2D eigenvalue weighted by atomic mass is 127. The highest BCUT2D eigenvalue weighted by Crippen LogP contribution is 2.36. The summed E-state index contributed by atoms with van der Waals surface area (Å²) in [6, 6.07) is 9.98. The van der Waals surface area contributed by atoms with Crippen LogP contribution >= 0.6 is 45.2 Å². The molecule has 3 rings (SSSR count). The number of phenols is 1. The van der Waals surface area contributed by atoms with Crippen molar-refractivity contribution in [3.63, 3.8) is 0 Å². The Balaban J connectivity index is 1.84. The average molecular weight is 579 g/mol. The quantitative estimate of drug-likeness (QED) is 0.542. The van der Waals surface area contributed by atoms with E-state index in [4.69, 9.17) is 4.74 Å². The van der Waals surface area contributed by atoms with Crippen molar-refractivity contribution in [3.05, 3.63) is 60.2 Å². The first-order valence-corrected chi connectivity index (χ1v) is 9.93. The maximum absolute atomic E-state index is 12.5. The van der Waals surface area contributed by atoms with Gasteiger partial charge in [-0.15, -0.1) is 0 Å². The van der Waals surface area contributed by atoms with Crippen LogP contribution in [-0.4, -0.2) is 33.2 Å². The van der Waals surface area contributed by atoms with E-state index in [1.54, 1.807) is 6.07 Å². The lowest BCUT2D eigenvalue weighted by atomic mass is 9.94. The van der Waals surface area contributed by atoms with Crippen LogP contribution in [0.4, 0.5) is 4.79 Å². The number of phenolic OH excluding ortho intramolecular Hbond substituents is 1. The van der Waals surface area contributed by atoms with Crippen molar-refractivity contribution in [2.75, 3.05) is 0 Å². The largest absolute Gasteiger partial charge is 0.506 e. The average Bonchev–Trinajstić information content (AvgIpc) is 2.64. The van der Waals surface area contributed by atoms with Crippen LogP contribution in [0.2, 0.25) is 0 Å². The Kier molecular flexibility index (Phi) is 5.90. The molecule has 1 atom stereocenters. The number of rotatable bonds is 3. The molecule has 1 heterocycles. The molecule has 0 bridgehead atoms. The molecule has 2 aromatic rings. The second-order valence-electron chi connectivity index (χ2n) is 5.88. The highest BCUT2D eigenvalue weighted by molar-refractivity contribution is 14.1. The fraction of sp³-hybridized carbons (Fsp3) is 0.222. The van der Waals surface area contributed by atoms with Gasteiger partial charge in [0, 0.05) is 6.42 Å². The van der Waals surface area contributed by atoms with E-state index in [1.807, 2.05) is 75.5 Å². The standard InChI is InChI=1S/C18H15I2NO5/c19-13-6-11-7-14(17(23)24)21(8-12(11)15(20)16(13)22)18(25)26-9-10-4-2-1-3-5-10/h1-6,14,22H,7-9H2,(H,23,24)/t14-/m0/s1. The Hall–Kier alpha value is -1.56. The van der Waals surface area contributed by atoms with E-state index in [-0.39, 0.29) is 25.3 Å². The summed E-state index contributed by atoms with van der Waals surface area (Å²) >= 11 is 4.03. The molecule has 0 fully saturated rings. The summed E-state index contributed by atoms with van der Waals surface area (Å²) in [6.45, 7) is 0.160. The number of aliphatic carboxylic acids is 1. The molecule has 6 nitrogen and oxygen atoms in total. The van der Waals surface area contributed by atoms with Crippen LogP contribution in [0, 0.1) is 7.14 Å². The number of halogens is 2. The molecule has 1 amide bonds. The smallest absolute Gasteiger partial charge is 0.411 e. The number of nitrogens with zero attached hydrogens (tertiary/aromatic N) is 1. The molecule has 0 radical (unpaired) electrons. The van der Waals surface area contributed by atoms with Crippen LogP contribution in [0.15, 0.2) is 36.4 Å². The summed E-state index contributed by atoms with van der Waals surface area (Å²) in [6.07, 6.45) is -0.502. The molecule has 2 N–H and O–H groups in total. The number of benzene rings is 2. The van der Waals surface area contributed by atoms with Crippen LogP contribution in [0.25, 0.3) is 0 Å². The first-order valence-electron chi connectivity index (χ1n) is 7.77. The van der Waals surface area contributed by atoms with Gasteiger partial charge in [0.05, 0.1) is 13.7 Å². The topological polar surface area (TPSA) is 87.1 Å². The fourth-order valence-electron chi connectivity index (χ4n) is 2.86. The van der Waals surface area contributed by atoms with Gasteiger partial charge in [-0.25, -0.2) is 9.59 Å². The molecule has 0 aliphatic carbocycles. The van der Waals surface area contributed by atoms with Crippen molar-refractivity contribution in [2.24, 2.45) is 0 Å². The minimum Gasteiger partial charge on any atom is -0.506 e. The van der Waals surface area contributed by atoms with Crippen LogP contribution in [0.1, 0.15) is 16.7 Å². The van der Waals surface area contributed by atoms with Gasteiger partial charge in [-0.1, -0.05) is 30.3 Å². The highest BCUT2D eigenvalue weighted by Gasteiger charge is 2.37. The van der Waals surface area contributed by atoms with E-state index in [9.17, 15) is 19.8 Å². The summed E-state index contributed by atoms with van der Waals surface area (Å²) in [4.78, 5) is 25.4. The number of hydrogen-bond acceptors (Lipinski definition) is 4. The lowest BCUT2D eigenvalue weighted by molar-refractivity contribution is -0.143. The molecule has 1 aliphatic heterocycles. The number of carboxylic acid groups (broad SMARTS) is 1. The minimum atomic E-state index is -1.08. The Labute approximate surface area is 177 Å². The fourth-order valence-corrected chi connectivity index (χ4v) is 4.83. The normalized spacial score (nSPS) is 16.1. The van der Waals surface area contributed by atoms with Crippen molar-refractivity contribution in [3.8, 4) is 5.75 Å². The van der Waals surface area contributed by atoms with E-state index in [0.29, 0.717) is 7.14 Å². The van der Waals surface area contributed by atoms with Crippen LogP contribution < -0.4 is 0 Å². The van der Waals surface area contributed by atoms with Gasteiger partial charge in [0.15, 0.2) is 0 Å². The molecule has 0 saturated heterocycles. The molecular weight excluding hydrogens is 564 g/mol. The Morgan fingerprint density at radius 1 is 1.23 bits per heavy atom. The molecule has 26 heavy (non-hydrogen) atoms. The molecule has 0 spiro atoms. The summed E-state index contributed by atoms with van der Waals surface area (Å²) in [5.41, 5.74) is 2.42. The molecule has 136 valence electrons. The Morgan fingerprint density at radius 3 is 2.58 bits per heavy atom. The van der Waals surface area contributed by atoms with Crippen molar-refractivity contribution in [1.29, 1.82) is 0 Å². The zero-order chi connectivity index (χ0) is 18.8. The molecule has 0 unspecified atom stereocenters. The van der Waals surface area contributed by atoms with Gasteiger partial charge in [0.25, 0.3) is 0 Å². The number of aromatic hydroxyl groups is 1.